The third-order valence-electron chi connectivity index (χ3n) is 4.75. The summed E-state index contributed by atoms with van der Waals surface area (Å²) in [5, 5.41) is 18.4. The van der Waals surface area contributed by atoms with E-state index in [-0.39, 0.29) is 17.1 Å². The SMILES string of the molecule is NS(=O)(=O)c1ccc(-c2c(-c3ccccc3)noc2COc2ccc(C(=O)O)cc2)cc1. The molecule has 0 saturated carbocycles. The van der Waals surface area contributed by atoms with Crippen molar-refractivity contribution in [3.63, 3.8) is 0 Å². The molecule has 4 rings (SSSR count). The molecule has 0 aliphatic carbocycles. The first kappa shape index (κ1) is 21.3. The van der Waals surface area contributed by atoms with Gasteiger partial charge in [0.2, 0.25) is 10.0 Å². The van der Waals surface area contributed by atoms with Crippen molar-refractivity contribution >= 4 is 16.0 Å². The molecule has 0 atom stereocenters. The lowest BCUT2D eigenvalue weighted by Gasteiger charge is -2.08. The molecule has 3 N–H and O–H groups in total. The molecule has 4 aromatic rings. The quantitative estimate of drug-likeness (QED) is 0.436. The fourth-order valence-corrected chi connectivity index (χ4v) is 3.68. The number of carboxylic acids is 1. The van der Waals surface area contributed by atoms with E-state index in [4.69, 9.17) is 19.5 Å². The summed E-state index contributed by atoms with van der Waals surface area (Å²) < 4.78 is 34.6. The van der Waals surface area contributed by atoms with E-state index in [1.807, 2.05) is 30.3 Å². The van der Waals surface area contributed by atoms with Crippen molar-refractivity contribution in [2.45, 2.75) is 11.5 Å². The van der Waals surface area contributed by atoms with Crippen molar-refractivity contribution in [1.82, 2.24) is 5.16 Å². The third-order valence-corrected chi connectivity index (χ3v) is 5.68. The van der Waals surface area contributed by atoms with Crippen LogP contribution in [0.3, 0.4) is 0 Å². The Morgan fingerprint density at radius 2 is 1.59 bits per heavy atom. The highest BCUT2D eigenvalue weighted by Crippen LogP contribution is 2.35. The smallest absolute Gasteiger partial charge is 0.335 e. The molecule has 32 heavy (non-hydrogen) atoms. The van der Waals surface area contributed by atoms with Gasteiger partial charge in [-0.25, -0.2) is 18.4 Å². The molecule has 0 unspecified atom stereocenters. The predicted molar refractivity (Wildman–Crippen MR) is 116 cm³/mol. The number of primary sulfonamides is 1. The van der Waals surface area contributed by atoms with Crippen LogP contribution in [0.5, 0.6) is 5.75 Å². The minimum Gasteiger partial charge on any atom is -0.486 e. The summed E-state index contributed by atoms with van der Waals surface area (Å²) in [4.78, 5) is 11.0. The van der Waals surface area contributed by atoms with Gasteiger partial charge in [-0.3, -0.25) is 0 Å². The van der Waals surface area contributed by atoms with Gasteiger partial charge in [-0.15, -0.1) is 0 Å². The third kappa shape index (κ3) is 4.53. The summed E-state index contributed by atoms with van der Waals surface area (Å²) in [6.07, 6.45) is 0. The predicted octanol–water partition coefficient (Wildman–Crippen LogP) is 3.93. The van der Waals surface area contributed by atoms with Gasteiger partial charge in [-0.2, -0.15) is 0 Å². The lowest BCUT2D eigenvalue weighted by atomic mass is 9.99. The molecule has 9 heteroatoms. The minimum atomic E-state index is -3.82. The molecule has 1 aromatic heterocycles. The van der Waals surface area contributed by atoms with Crippen LogP contribution in [0.1, 0.15) is 16.1 Å². The Kier molecular flexibility index (Phi) is 5.76. The number of sulfonamides is 1. The highest BCUT2D eigenvalue weighted by molar-refractivity contribution is 7.89. The Hall–Kier alpha value is -3.95. The molecule has 0 aliphatic heterocycles. The van der Waals surface area contributed by atoms with E-state index in [9.17, 15) is 13.2 Å². The second-order valence-electron chi connectivity index (χ2n) is 6.88. The lowest BCUT2D eigenvalue weighted by Crippen LogP contribution is -2.11. The van der Waals surface area contributed by atoms with Gasteiger partial charge in [-0.1, -0.05) is 47.6 Å². The van der Waals surface area contributed by atoms with Gasteiger partial charge in [0.15, 0.2) is 5.76 Å². The number of ether oxygens (including phenoxy) is 1. The van der Waals surface area contributed by atoms with Crippen LogP contribution in [0.25, 0.3) is 22.4 Å². The molecule has 162 valence electrons. The largest absolute Gasteiger partial charge is 0.486 e. The molecule has 8 nitrogen and oxygen atoms in total. The average Bonchev–Trinajstić information content (AvgIpc) is 3.22. The number of hydrogen-bond acceptors (Lipinski definition) is 6. The van der Waals surface area contributed by atoms with E-state index in [2.05, 4.69) is 5.16 Å². The highest BCUT2D eigenvalue weighted by Gasteiger charge is 2.20. The van der Waals surface area contributed by atoms with Gasteiger partial charge in [0, 0.05) is 5.56 Å². The zero-order valence-corrected chi connectivity index (χ0v) is 17.5. The molecule has 0 bridgehead atoms. The molecule has 0 radical (unpaired) electrons. The number of benzene rings is 3. The number of nitrogens with zero attached hydrogens (tertiary/aromatic N) is 1. The van der Waals surface area contributed by atoms with Gasteiger partial charge < -0.3 is 14.4 Å². The molecular weight excluding hydrogens is 432 g/mol. The monoisotopic (exact) mass is 450 g/mol. The number of carbonyl (C=O) groups is 1. The summed E-state index contributed by atoms with van der Waals surface area (Å²) >= 11 is 0. The first-order valence-corrected chi connectivity index (χ1v) is 11.0. The van der Waals surface area contributed by atoms with Crippen molar-refractivity contribution in [3.8, 4) is 28.1 Å². The Balaban J connectivity index is 1.69. The summed E-state index contributed by atoms with van der Waals surface area (Å²) in [7, 11) is -3.82. The Morgan fingerprint density at radius 1 is 0.938 bits per heavy atom. The number of aromatic carboxylic acids is 1. The van der Waals surface area contributed by atoms with E-state index in [1.54, 1.807) is 24.3 Å². The zero-order valence-electron chi connectivity index (χ0n) is 16.6. The number of nitrogens with two attached hydrogens (primary N) is 1. The minimum absolute atomic E-state index is 0.00437. The van der Waals surface area contributed by atoms with Crippen LogP contribution in [-0.4, -0.2) is 24.7 Å². The van der Waals surface area contributed by atoms with Crippen LogP contribution in [-0.2, 0) is 16.6 Å². The van der Waals surface area contributed by atoms with Crippen molar-refractivity contribution in [2.75, 3.05) is 0 Å². The van der Waals surface area contributed by atoms with E-state index in [0.29, 0.717) is 28.3 Å². The lowest BCUT2D eigenvalue weighted by molar-refractivity contribution is 0.0697. The van der Waals surface area contributed by atoms with Gasteiger partial charge in [0.25, 0.3) is 0 Å². The first-order chi connectivity index (χ1) is 15.3. The summed E-state index contributed by atoms with van der Waals surface area (Å²) in [5.74, 6) is -0.137. The molecule has 0 saturated heterocycles. The van der Waals surface area contributed by atoms with E-state index in [1.165, 1.54) is 24.3 Å². The Morgan fingerprint density at radius 3 is 2.19 bits per heavy atom. The average molecular weight is 450 g/mol. The van der Waals surface area contributed by atoms with Crippen LogP contribution in [0.15, 0.2) is 88.3 Å². The maximum Gasteiger partial charge on any atom is 0.335 e. The van der Waals surface area contributed by atoms with Crippen LogP contribution >= 0.6 is 0 Å². The van der Waals surface area contributed by atoms with Crippen LogP contribution in [0.2, 0.25) is 0 Å². The van der Waals surface area contributed by atoms with Crippen molar-refractivity contribution in [2.24, 2.45) is 5.14 Å². The molecular formula is C23H18N2O6S. The summed E-state index contributed by atoms with van der Waals surface area (Å²) in [6.45, 7) is 0.0263. The van der Waals surface area contributed by atoms with Crippen LogP contribution < -0.4 is 9.88 Å². The van der Waals surface area contributed by atoms with Gasteiger partial charge >= 0.3 is 5.97 Å². The number of aromatic nitrogens is 1. The normalized spacial score (nSPS) is 11.3. The molecule has 1 heterocycles. The Labute approximate surface area is 183 Å². The second kappa shape index (κ2) is 8.66. The molecule has 3 aromatic carbocycles. The second-order valence-corrected chi connectivity index (χ2v) is 8.44. The fourth-order valence-electron chi connectivity index (χ4n) is 3.17. The van der Waals surface area contributed by atoms with Gasteiger partial charge in [0.1, 0.15) is 18.1 Å². The number of hydrogen-bond donors (Lipinski definition) is 2. The van der Waals surface area contributed by atoms with Crippen LogP contribution in [0, 0.1) is 0 Å². The first-order valence-electron chi connectivity index (χ1n) is 9.46. The fraction of sp³-hybridized carbons (Fsp3) is 0.0435. The van der Waals surface area contributed by atoms with Crippen molar-refractivity contribution in [3.05, 3.63) is 90.2 Å². The molecule has 0 fully saturated rings. The zero-order chi connectivity index (χ0) is 22.7. The molecule has 0 spiro atoms. The van der Waals surface area contributed by atoms with Gasteiger partial charge in [0.05, 0.1) is 16.0 Å². The molecule has 0 aliphatic rings. The Bertz CT molecular complexity index is 1350. The topological polar surface area (TPSA) is 133 Å². The summed E-state index contributed by atoms with van der Waals surface area (Å²) in [5.41, 5.74) is 2.88. The highest BCUT2D eigenvalue weighted by atomic mass is 32.2. The van der Waals surface area contributed by atoms with Crippen molar-refractivity contribution < 1.29 is 27.6 Å². The van der Waals surface area contributed by atoms with Crippen molar-refractivity contribution in [1.29, 1.82) is 0 Å². The van der Waals surface area contributed by atoms with E-state index >= 15 is 0 Å². The maximum atomic E-state index is 11.6. The van der Waals surface area contributed by atoms with Crippen LogP contribution in [0.4, 0.5) is 0 Å². The number of carboxylic acid groups (broad SMARTS) is 1. The standard InChI is InChI=1S/C23H18N2O6S/c24-32(28,29)19-12-8-15(9-13-19)21-20(31-25-22(21)16-4-2-1-3-5-16)14-30-18-10-6-17(7-11-18)23(26)27/h1-13H,14H2,(H,26,27)(H2,24,28,29). The maximum absolute atomic E-state index is 11.6. The molecule has 0 amide bonds. The van der Waals surface area contributed by atoms with Gasteiger partial charge in [-0.05, 0) is 42.0 Å². The van der Waals surface area contributed by atoms with E-state index < -0.39 is 16.0 Å². The number of rotatable bonds is 7. The summed E-state index contributed by atoms with van der Waals surface area (Å²) in [6, 6.07) is 21.5. The van der Waals surface area contributed by atoms with E-state index in [0.717, 1.165) is 5.56 Å².